The number of anilines is 2. The summed E-state index contributed by atoms with van der Waals surface area (Å²) in [5.41, 5.74) is 3.53. The van der Waals surface area contributed by atoms with Gasteiger partial charge in [-0.1, -0.05) is 12.1 Å². The van der Waals surface area contributed by atoms with Crippen LogP contribution in [0.4, 0.5) is 11.4 Å². The Bertz CT molecular complexity index is 941. The minimum absolute atomic E-state index is 0.0727. The van der Waals surface area contributed by atoms with Gasteiger partial charge in [0.2, 0.25) is 5.91 Å². The summed E-state index contributed by atoms with van der Waals surface area (Å²) < 4.78 is 10.2. The molecule has 1 atom stereocenters. The second-order valence-electron chi connectivity index (χ2n) is 7.06. The standard InChI is InChI=1S/C22H24N2O5/c1-14-7-8-18(9-15(14)2)24-12-16(10-21(24)26)22(27)29-13-20(25)23-17-5-4-6-19(11-17)28-3/h4-9,11,16H,10,12-13H2,1-3H3,(H,23,25)/t16-/m0/s1. The SMILES string of the molecule is COc1cccc(NC(=O)COC(=O)[C@H]2CC(=O)N(c3ccc(C)c(C)c3)C2)c1. The Morgan fingerprint density at radius 3 is 2.66 bits per heavy atom. The number of rotatable bonds is 6. The van der Waals surface area contributed by atoms with Crippen molar-refractivity contribution >= 4 is 29.2 Å². The zero-order valence-electron chi connectivity index (χ0n) is 16.7. The van der Waals surface area contributed by atoms with Gasteiger partial charge < -0.3 is 19.7 Å². The van der Waals surface area contributed by atoms with Gasteiger partial charge in [-0.25, -0.2) is 0 Å². The number of aryl methyl sites for hydroxylation is 2. The van der Waals surface area contributed by atoms with Gasteiger partial charge in [0.25, 0.3) is 5.91 Å². The highest BCUT2D eigenvalue weighted by Crippen LogP contribution is 2.27. The fourth-order valence-electron chi connectivity index (χ4n) is 3.16. The summed E-state index contributed by atoms with van der Waals surface area (Å²) in [7, 11) is 1.53. The van der Waals surface area contributed by atoms with Gasteiger partial charge in [-0.15, -0.1) is 0 Å². The lowest BCUT2D eigenvalue weighted by molar-refractivity contribution is -0.151. The Morgan fingerprint density at radius 2 is 1.93 bits per heavy atom. The molecule has 29 heavy (non-hydrogen) atoms. The molecule has 1 heterocycles. The first-order valence-electron chi connectivity index (χ1n) is 9.35. The van der Waals surface area contributed by atoms with Gasteiger partial charge >= 0.3 is 5.97 Å². The van der Waals surface area contributed by atoms with E-state index < -0.39 is 24.4 Å². The van der Waals surface area contributed by atoms with Crippen molar-refractivity contribution in [2.45, 2.75) is 20.3 Å². The zero-order chi connectivity index (χ0) is 21.0. The van der Waals surface area contributed by atoms with Crippen molar-refractivity contribution in [1.29, 1.82) is 0 Å². The minimum Gasteiger partial charge on any atom is -0.497 e. The van der Waals surface area contributed by atoms with Crippen molar-refractivity contribution in [1.82, 2.24) is 0 Å². The second kappa shape index (κ2) is 8.77. The third kappa shape index (κ3) is 4.93. The van der Waals surface area contributed by atoms with E-state index in [4.69, 9.17) is 9.47 Å². The highest BCUT2D eigenvalue weighted by molar-refractivity contribution is 6.00. The maximum absolute atomic E-state index is 12.4. The normalized spacial score (nSPS) is 15.9. The number of hydrogen-bond acceptors (Lipinski definition) is 5. The van der Waals surface area contributed by atoms with E-state index in [0.29, 0.717) is 11.4 Å². The molecule has 1 aliphatic rings. The quantitative estimate of drug-likeness (QED) is 0.759. The number of hydrogen-bond donors (Lipinski definition) is 1. The molecule has 1 fully saturated rings. The molecule has 7 heteroatoms. The van der Waals surface area contributed by atoms with Gasteiger partial charge in [0.1, 0.15) is 5.75 Å². The Labute approximate surface area is 169 Å². The van der Waals surface area contributed by atoms with Crippen LogP contribution in [0.25, 0.3) is 0 Å². The summed E-state index contributed by atoms with van der Waals surface area (Å²) in [6, 6.07) is 12.6. The highest BCUT2D eigenvalue weighted by Gasteiger charge is 2.36. The van der Waals surface area contributed by atoms with Crippen LogP contribution in [0.5, 0.6) is 5.75 Å². The van der Waals surface area contributed by atoms with Crippen LogP contribution < -0.4 is 15.0 Å². The largest absolute Gasteiger partial charge is 0.497 e. The Morgan fingerprint density at radius 1 is 1.14 bits per heavy atom. The van der Waals surface area contributed by atoms with E-state index in [0.717, 1.165) is 16.8 Å². The van der Waals surface area contributed by atoms with Crippen molar-refractivity contribution in [3.8, 4) is 5.75 Å². The maximum atomic E-state index is 12.4. The topological polar surface area (TPSA) is 84.9 Å². The van der Waals surface area contributed by atoms with E-state index in [1.165, 1.54) is 7.11 Å². The average molecular weight is 396 g/mol. The molecule has 152 valence electrons. The molecule has 3 rings (SSSR count). The van der Waals surface area contributed by atoms with Crippen molar-refractivity contribution in [2.24, 2.45) is 5.92 Å². The molecule has 7 nitrogen and oxygen atoms in total. The van der Waals surface area contributed by atoms with Crippen LogP contribution >= 0.6 is 0 Å². The van der Waals surface area contributed by atoms with Crippen molar-refractivity contribution < 1.29 is 23.9 Å². The number of benzene rings is 2. The number of nitrogens with zero attached hydrogens (tertiary/aromatic N) is 1. The molecular formula is C22H24N2O5. The number of methoxy groups -OCH3 is 1. The summed E-state index contributed by atoms with van der Waals surface area (Å²) in [6.45, 7) is 3.82. The van der Waals surface area contributed by atoms with E-state index in [9.17, 15) is 14.4 Å². The van der Waals surface area contributed by atoms with Crippen molar-refractivity contribution in [3.63, 3.8) is 0 Å². The Hall–Kier alpha value is -3.35. The summed E-state index contributed by atoms with van der Waals surface area (Å²) in [5, 5.41) is 2.64. The molecule has 2 aromatic rings. The van der Waals surface area contributed by atoms with Crippen LogP contribution in [0.15, 0.2) is 42.5 Å². The molecule has 1 N–H and O–H groups in total. The van der Waals surface area contributed by atoms with Crippen molar-refractivity contribution in [2.75, 3.05) is 30.5 Å². The highest BCUT2D eigenvalue weighted by atomic mass is 16.5. The lowest BCUT2D eigenvalue weighted by atomic mass is 10.1. The third-order valence-corrected chi connectivity index (χ3v) is 4.96. The molecule has 1 aliphatic heterocycles. The summed E-state index contributed by atoms with van der Waals surface area (Å²) >= 11 is 0. The fourth-order valence-corrected chi connectivity index (χ4v) is 3.16. The van der Waals surface area contributed by atoms with Gasteiger partial charge in [0.05, 0.1) is 13.0 Å². The lowest BCUT2D eigenvalue weighted by Crippen LogP contribution is -2.28. The smallest absolute Gasteiger partial charge is 0.311 e. The molecule has 0 radical (unpaired) electrons. The molecule has 0 aliphatic carbocycles. The number of esters is 1. The number of carbonyl (C=O) groups excluding carboxylic acids is 3. The summed E-state index contributed by atoms with van der Waals surface area (Å²) in [5.74, 6) is -1.12. The molecule has 0 aromatic heterocycles. The van der Waals surface area contributed by atoms with Gasteiger partial charge in [-0.3, -0.25) is 14.4 Å². The Kier molecular flexibility index (Phi) is 6.16. The second-order valence-corrected chi connectivity index (χ2v) is 7.06. The van der Waals surface area contributed by atoms with Crippen LogP contribution in [-0.2, 0) is 19.1 Å². The lowest BCUT2D eigenvalue weighted by Gasteiger charge is -2.17. The first-order chi connectivity index (χ1) is 13.9. The van der Waals surface area contributed by atoms with Gasteiger partial charge in [0, 0.05) is 30.4 Å². The van der Waals surface area contributed by atoms with Crippen molar-refractivity contribution in [3.05, 3.63) is 53.6 Å². The first-order valence-corrected chi connectivity index (χ1v) is 9.35. The monoisotopic (exact) mass is 396 g/mol. The maximum Gasteiger partial charge on any atom is 0.311 e. The Balaban J connectivity index is 1.53. The predicted octanol–water partition coefficient (Wildman–Crippen LogP) is 2.85. The number of nitrogens with one attached hydrogen (secondary N) is 1. The molecule has 0 saturated carbocycles. The van der Waals surface area contributed by atoms with E-state index in [1.807, 2.05) is 32.0 Å². The van der Waals surface area contributed by atoms with Gasteiger partial charge in [-0.2, -0.15) is 0 Å². The average Bonchev–Trinajstić information content (AvgIpc) is 3.10. The number of carbonyl (C=O) groups is 3. The van der Waals surface area contributed by atoms with Crippen LogP contribution in [0.3, 0.4) is 0 Å². The van der Waals surface area contributed by atoms with E-state index in [2.05, 4.69) is 5.32 Å². The third-order valence-electron chi connectivity index (χ3n) is 4.96. The molecule has 0 unspecified atom stereocenters. The van der Waals surface area contributed by atoms with Crippen LogP contribution in [0, 0.1) is 19.8 Å². The van der Waals surface area contributed by atoms with Gasteiger partial charge in [0.15, 0.2) is 6.61 Å². The molecule has 1 saturated heterocycles. The van der Waals surface area contributed by atoms with Crippen LogP contribution in [0.1, 0.15) is 17.5 Å². The van der Waals surface area contributed by atoms with Gasteiger partial charge in [-0.05, 0) is 49.2 Å². The zero-order valence-corrected chi connectivity index (χ0v) is 16.7. The molecule has 2 aromatic carbocycles. The van der Waals surface area contributed by atoms with E-state index in [-0.39, 0.29) is 18.9 Å². The summed E-state index contributed by atoms with van der Waals surface area (Å²) in [4.78, 5) is 38.3. The van der Waals surface area contributed by atoms with E-state index in [1.54, 1.807) is 29.2 Å². The molecule has 0 spiro atoms. The summed E-state index contributed by atoms with van der Waals surface area (Å²) in [6.07, 6.45) is 0.0727. The number of amides is 2. The molecule has 0 bridgehead atoms. The first kappa shape index (κ1) is 20.4. The fraction of sp³-hybridized carbons (Fsp3) is 0.318. The molecular weight excluding hydrogens is 372 g/mol. The predicted molar refractivity (Wildman–Crippen MR) is 109 cm³/mol. The minimum atomic E-state index is -0.589. The van der Waals surface area contributed by atoms with Crippen LogP contribution in [-0.4, -0.2) is 38.0 Å². The number of ether oxygens (including phenoxy) is 2. The van der Waals surface area contributed by atoms with E-state index >= 15 is 0 Å². The molecule has 2 amide bonds. The van der Waals surface area contributed by atoms with Crippen LogP contribution in [0.2, 0.25) is 0 Å².